The average molecular weight is 389 g/mol. The van der Waals surface area contributed by atoms with E-state index in [9.17, 15) is 26.4 Å². The van der Waals surface area contributed by atoms with Crippen LogP contribution in [-0.4, -0.2) is 33.6 Å². The second-order valence-corrected chi connectivity index (χ2v) is 6.68. The minimum Gasteiger partial charge on any atom is -0.347 e. The quantitative estimate of drug-likeness (QED) is 0.779. The van der Waals surface area contributed by atoms with Crippen LogP contribution in [0.15, 0.2) is 33.6 Å². The fourth-order valence-corrected chi connectivity index (χ4v) is 2.93. The molecule has 0 aliphatic carbocycles. The summed E-state index contributed by atoms with van der Waals surface area (Å²) in [5, 5.41) is 1.65. The van der Waals surface area contributed by atoms with Crippen molar-refractivity contribution >= 4 is 31.9 Å². The first-order valence-electron chi connectivity index (χ1n) is 5.69. The SMILES string of the molecule is O=C(CCNS(=O)(=O)c1cccc(Br)c1)NCC(F)(F)F. The third kappa shape index (κ3) is 6.91. The van der Waals surface area contributed by atoms with Crippen molar-refractivity contribution in [3.63, 3.8) is 0 Å². The van der Waals surface area contributed by atoms with Crippen molar-refractivity contribution in [1.82, 2.24) is 10.0 Å². The highest BCUT2D eigenvalue weighted by Crippen LogP contribution is 2.15. The van der Waals surface area contributed by atoms with E-state index in [0.717, 1.165) is 0 Å². The number of carbonyl (C=O) groups excluding carboxylic acids is 1. The molecule has 1 aromatic carbocycles. The van der Waals surface area contributed by atoms with E-state index in [1.807, 2.05) is 0 Å². The van der Waals surface area contributed by atoms with E-state index in [1.54, 1.807) is 11.4 Å². The van der Waals surface area contributed by atoms with Crippen LogP contribution < -0.4 is 10.0 Å². The number of halogens is 4. The van der Waals surface area contributed by atoms with Crippen LogP contribution >= 0.6 is 15.9 Å². The molecule has 0 aliphatic heterocycles. The highest BCUT2D eigenvalue weighted by Gasteiger charge is 2.27. The van der Waals surface area contributed by atoms with E-state index in [1.165, 1.54) is 18.2 Å². The molecular weight excluding hydrogens is 377 g/mol. The molecule has 1 aromatic rings. The zero-order valence-corrected chi connectivity index (χ0v) is 13.0. The molecule has 118 valence electrons. The Morgan fingerprint density at radius 2 is 1.95 bits per heavy atom. The Bertz CT molecular complexity index is 605. The summed E-state index contributed by atoms with van der Waals surface area (Å²) in [7, 11) is -3.80. The van der Waals surface area contributed by atoms with Gasteiger partial charge in [-0.3, -0.25) is 4.79 Å². The molecule has 0 radical (unpaired) electrons. The minimum atomic E-state index is -4.49. The predicted molar refractivity (Wildman–Crippen MR) is 73.0 cm³/mol. The molecule has 0 spiro atoms. The number of hydrogen-bond donors (Lipinski definition) is 2. The van der Waals surface area contributed by atoms with Gasteiger partial charge in [-0.25, -0.2) is 13.1 Å². The fraction of sp³-hybridized carbons (Fsp3) is 0.364. The predicted octanol–water partition coefficient (Wildman–Crippen LogP) is 1.80. The van der Waals surface area contributed by atoms with Crippen LogP contribution in [0, 0.1) is 0 Å². The van der Waals surface area contributed by atoms with Gasteiger partial charge in [0.05, 0.1) is 4.90 Å². The summed E-state index contributed by atoms with van der Waals surface area (Å²) in [6, 6.07) is 5.89. The van der Waals surface area contributed by atoms with E-state index >= 15 is 0 Å². The minimum absolute atomic E-state index is 0.00688. The van der Waals surface area contributed by atoms with Crippen LogP contribution in [0.4, 0.5) is 13.2 Å². The summed E-state index contributed by atoms with van der Waals surface area (Å²) in [5.74, 6) is -0.885. The monoisotopic (exact) mass is 388 g/mol. The maximum Gasteiger partial charge on any atom is 0.405 e. The first kappa shape index (κ1) is 17.9. The summed E-state index contributed by atoms with van der Waals surface area (Å²) in [6.07, 6.45) is -4.88. The van der Waals surface area contributed by atoms with Crippen molar-refractivity contribution in [3.8, 4) is 0 Å². The average Bonchev–Trinajstić information content (AvgIpc) is 2.35. The van der Waals surface area contributed by atoms with Crippen LogP contribution in [0.5, 0.6) is 0 Å². The molecule has 21 heavy (non-hydrogen) atoms. The standard InChI is InChI=1S/C11H12BrF3N2O3S/c12-8-2-1-3-9(6-8)21(19,20)17-5-4-10(18)16-7-11(13,14)15/h1-3,6,17H,4-5,7H2,(H,16,18). The lowest BCUT2D eigenvalue weighted by Gasteiger charge is -2.09. The molecule has 0 fully saturated rings. The normalized spacial score (nSPS) is 12.2. The van der Waals surface area contributed by atoms with Crippen LogP contribution in [0.1, 0.15) is 6.42 Å². The topological polar surface area (TPSA) is 75.3 Å². The number of hydrogen-bond acceptors (Lipinski definition) is 3. The lowest BCUT2D eigenvalue weighted by Crippen LogP contribution is -2.36. The van der Waals surface area contributed by atoms with Crippen molar-refractivity contribution in [2.75, 3.05) is 13.1 Å². The lowest BCUT2D eigenvalue weighted by molar-refractivity contribution is -0.138. The number of benzene rings is 1. The number of alkyl halides is 3. The van der Waals surface area contributed by atoms with Gasteiger partial charge in [-0.15, -0.1) is 0 Å². The highest BCUT2D eigenvalue weighted by molar-refractivity contribution is 9.10. The summed E-state index contributed by atoms with van der Waals surface area (Å²) >= 11 is 3.12. The van der Waals surface area contributed by atoms with Crippen molar-refractivity contribution in [1.29, 1.82) is 0 Å². The Morgan fingerprint density at radius 1 is 1.29 bits per heavy atom. The Labute approximate surface area is 128 Å². The van der Waals surface area contributed by atoms with Crippen molar-refractivity contribution in [3.05, 3.63) is 28.7 Å². The molecule has 0 bridgehead atoms. The Morgan fingerprint density at radius 3 is 2.52 bits per heavy atom. The van der Waals surface area contributed by atoms with Crippen molar-refractivity contribution in [2.45, 2.75) is 17.5 Å². The maximum atomic E-state index is 11.9. The van der Waals surface area contributed by atoms with Gasteiger partial charge in [0.15, 0.2) is 0 Å². The summed E-state index contributed by atoms with van der Waals surface area (Å²) < 4.78 is 61.9. The van der Waals surface area contributed by atoms with Gasteiger partial charge in [-0.05, 0) is 18.2 Å². The summed E-state index contributed by atoms with van der Waals surface area (Å²) in [5.41, 5.74) is 0. The van der Waals surface area contributed by atoms with Gasteiger partial charge in [-0.2, -0.15) is 13.2 Å². The van der Waals surface area contributed by atoms with Gasteiger partial charge in [0, 0.05) is 17.4 Å². The molecule has 10 heteroatoms. The number of carbonyl (C=O) groups is 1. The summed E-state index contributed by atoms with van der Waals surface area (Å²) in [6.45, 7) is -1.73. The van der Waals surface area contributed by atoms with Crippen LogP contribution in [-0.2, 0) is 14.8 Å². The number of rotatable bonds is 6. The molecule has 0 saturated carbocycles. The van der Waals surface area contributed by atoms with Gasteiger partial charge >= 0.3 is 6.18 Å². The zero-order chi connectivity index (χ0) is 16.1. The fourth-order valence-electron chi connectivity index (χ4n) is 1.30. The molecule has 0 heterocycles. The maximum absolute atomic E-state index is 11.9. The van der Waals surface area contributed by atoms with E-state index in [4.69, 9.17) is 0 Å². The molecule has 0 aromatic heterocycles. The molecule has 0 saturated heterocycles. The van der Waals surface area contributed by atoms with Crippen molar-refractivity contribution in [2.24, 2.45) is 0 Å². The zero-order valence-electron chi connectivity index (χ0n) is 10.6. The number of amides is 1. The second-order valence-electron chi connectivity index (χ2n) is 4.00. The molecule has 0 atom stereocenters. The third-order valence-electron chi connectivity index (χ3n) is 2.24. The van der Waals surface area contributed by atoms with E-state index in [0.29, 0.717) is 4.47 Å². The van der Waals surface area contributed by atoms with Crippen molar-refractivity contribution < 1.29 is 26.4 Å². The Kier molecular flexibility index (Phi) is 6.17. The smallest absolute Gasteiger partial charge is 0.347 e. The lowest BCUT2D eigenvalue weighted by atomic mass is 10.4. The van der Waals surface area contributed by atoms with E-state index < -0.39 is 28.7 Å². The van der Waals surface area contributed by atoms with Gasteiger partial charge in [0.2, 0.25) is 15.9 Å². The molecule has 1 amide bonds. The second kappa shape index (κ2) is 7.23. The highest BCUT2D eigenvalue weighted by atomic mass is 79.9. The van der Waals surface area contributed by atoms with Gasteiger partial charge in [-0.1, -0.05) is 22.0 Å². The molecule has 1 rings (SSSR count). The molecule has 2 N–H and O–H groups in total. The molecular formula is C11H12BrF3N2O3S. The van der Waals surface area contributed by atoms with Crippen LogP contribution in [0.25, 0.3) is 0 Å². The van der Waals surface area contributed by atoms with Crippen LogP contribution in [0.2, 0.25) is 0 Å². The number of nitrogens with one attached hydrogen (secondary N) is 2. The third-order valence-corrected chi connectivity index (χ3v) is 4.19. The van der Waals surface area contributed by atoms with E-state index in [2.05, 4.69) is 20.7 Å². The van der Waals surface area contributed by atoms with E-state index in [-0.39, 0.29) is 17.9 Å². The van der Waals surface area contributed by atoms with Crippen LogP contribution in [0.3, 0.4) is 0 Å². The molecule has 5 nitrogen and oxygen atoms in total. The molecule has 0 unspecified atom stereocenters. The Balaban J connectivity index is 2.46. The molecule has 0 aliphatic rings. The first-order valence-corrected chi connectivity index (χ1v) is 7.96. The van der Waals surface area contributed by atoms with Gasteiger partial charge < -0.3 is 5.32 Å². The summed E-state index contributed by atoms with van der Waals surface area (Å²) in [4.78, 5) is 11.1. The Hall–Kier alpha value is -1.13. The van der Waals surface area contributed by atoms with Gasteiger partial charge in [0.1, 0.15) is 6.54 Å². The number of sulfonamides is 1. The largest absolute Gasteiger partial charge is 0.405 e. The van der Waals surface area contributed by atoms with Gasteiger partial charge in [0.25, 0.3) is 0 Å². The first-order chi connectivity index (χ1) is 9.60.